The predicted octanol–water partition coefficient (Wildman–Crippen LogP) is 3.48. The summed E-state index contributed by atoms with van der Waals surface area (Å²) in [7, 11) is 1.68. The van der Waals surface area contributed by atoms with E-state index in [-0.39, 0.29) is 16.9 Å². The first kappa shape index (κ1) is 14.3. The van der Waals surface area contributed by atoms with Crippen LogP contribution in [0.4, 0.5) is 15.9 Å². The van der Waals surface area contributed by atoms with Gasteiger partial charge in [-0.15, -0.1) is 0 Å². The van der Waals surface area contributed by atoms with Crippen LogP contribution < -0.4 is 10.6 Å². The SMILES string of the molecule is CNc1cc(C(=O)Nc2cccc(F)c2C)cc(Cl)n1. The van der Waals surface area contributed by atoms with Gasteiger partial charge in [-0.3, -0.25) is 4.79 Å². The van der Waals surface area contributed by atoms with Crippen LogP contribution in [0.5, 0.6) is 0 Å². The van der Waals surface area contributed by atoms with Crippen LogP contribution in [0.2, 0.25) is 5.15 Å². The summed E-state index contributed by atoms with van der Waals surface area (Å²) in [5, 5.41) is 5.67. The zero-order valence-corrected chi connectivity index (χ0v) is 11.8. The average Bonchev–Trinajstić information content (AvgIpc) is 2.43. The van der Waals surface area contributed by atoms with Gasteiger partial charge in [-0.05, 0) is 31.2 Å². The summed E-state index contributed by atoms with van der Waals surface area (Å²) in [5.74, 6) is -0.260. The van der Waals surface area contributed by atoms with Gasteiger partial charge >= 0.3 is 0 Å². The molecule has 0 aliphatic carbocycles. The van der Waals surface area contributed by atoms with Crippen molar-refractivity contribution in [1.82, 2.24) is 4.98 Å². The molecule has 1 aromatic heterocycles. The number of nitrogens with zero attached hydrogens (tertiary/aromatic N) is 1. The number of carbonyl (C=O) groups is 1. The summed E-state index contributed by atoms with van der Waals surface area (Å²) < 4.78 is 13.4. The van der Waals surface area contributed by atoms with Crippen LogP contribution in [-0.2, 0) is 0 Å². The number of aromatic nitrogens is 1. The molecule has 4 nitrogen and oxygen atoms in total. The minimum atomic E-state index is -0.375. The van der Waals surface area contributed by atoms with E-state index in [2.05, 4.69) is 15.6 Å². The third-order valence-corrected chi connectivity index (χ3v) is 3.02. The van der Waals surface area contributed by atoms with Crippen molar-refractivity contribution in [3.63, 3.8) is 0 Å². The molecule has 0 saturated heterocycles. The Morgan fingerprint density at radius 2 is 2.10 bits per heavy atom. The van der Waals surface area contributed by atoms with E-state index in [1.807, 2.05) is 0 Å². The lowest BCUT2D eigenvalue weighted by Crippen LogP contribution is -2.14. The molecule has 6 heteroatoms. The second kappa shape index (κ2) is 5.88. The lowest BCUT2D eigenvalue weighted by atomic mass is 10.1. The first-order valence-electron chi connectivity index (χ1n) is 5.93. The predicted molar refractivity (Wildman–Crippen MR) is 77.9 cm³/mol. The standard InChI is InChI=1S/C14H13ClFN3O/c1-8-10(16)4-3-5-11(8)18-14(20)9-6-12(15)19-13(7-9)17-2/h3-7H,1-2H3,(H,17,19)(H,18,20). The summed E-state index contributed by atoms with van der Waals surface area (Å²) in [5.41, 5.74) is 1.15. The van der Waals surface area contributed by atoms with Crippen molar-refractivity contribution in [1.29, 1.82) is 0 Å². The maximum atomic E-state index is 13.4. The second-order valence-electron chi connectivity index (χ2n) is 4.18. The molecule has 0 spiro atoms. The Morgan fingerprint density at radius 3 is 2.80 bits per heavy atom. The Bertz CT molecular complexity index is 661. The highest BCUT2D eigenvalue weighted by Gasteiger charge is 2.11. The van der Waals surface area contributed by atoms with E-state index in [4.69, 9.17) is 11.6 Å². The lowest BCUT2D eigenvalue weighted by molar-refractivity contribution is 0.102. The third-order valence-electron chi connectivity index (χ3n) is 2.83. The highest BCUT2D eigenvalue weighted by molar-refractivity contribution is 6.30. The molecule has 0 fully saturated rings. The van der Waals surface area contributed by atoms with Crippen LogP contribution in [0.1, 0.15) is 15.9 Å². The maximum absolute atomic E-state index is 13.4. The molecule has 2 aromatic rings. The Hall–Kier alpha value is -2.14. The molecule has 0 aliphatic rings. The minimum absolute atomic E-state index is 0.206. The third kappa shape index (κ3) is 3.05. The molecule has 0 saturated carbocycles. The molecule has 0 radical (unpaired) electrons. The fourth-order valence-electron chi connectivity index (χ4n) is 1.69. The molecule has 0 atom stereocenters. The van der Waals surface area contributed by atoms with Gasteiger partial charge in [0, 0.05) is 23.9 Å². The average molecular weight is 294 g/mol. The highest BCUT2D eigenvalue weighted by Crippen LogP contribution is 2.20. The van der Waals surface area contributed by atoms with Gasteiger partial charge < -0.3 is 10.6 Å². The van der Waals surface area contributed by atoms with Gasteiger partial charge in [0.05, 0.1) is 0 Å². The molecule has 0 aliphatic heterocycles. The van der Waals surface area contributed by atoms with Crippen LogP contribution in [0.25, 0.3) is 0 Å². The molecule has 104 valence electrons. The Labute approximate surface area is 121 Å². The van der Waals surface area contributed by atoms with Crippen molar-refractivity contribution in [2.75, 3.05) is 17.7 Å². The van der Waals surface area contributed by atoms with Crippen molar-refractivity contribution < 1.29 is 9.18 Å². The van der Waals surface area contributed by atoms with Crippen molar-refractivity contribution in [3.8, 4) is 0 Å². The Morgan fingerprint density at radius 1 is 1.35 bits per heavy atom. The quantitative estimate of drug-likeness (QED) is 0.852. The van der Waals surface area contributed by atoms with E-state index in [9.17, 15) is 9.18 Å². The second-order valence-corrected chi connectivity index (χ2v) is 4.57. The van der Waals surface area contributed by atoms with E-state index in [0.717, 1.165) is 0 Å². The number of pyridine rings is 1. The van der Waals surface area contributed by atoms with Crippen LogP contribution in [0.15, 0.2) is 30.3 Å². The number of carbonyl (C=O) groups excluding carboxylic acids is 1. The highest BCUT2D eigenvalue weighted by atomic mass is 35.5. The van der Waals surface area contributed by atoms with Gasteiger partial charge in [-0.1, -0.05) is 17.7 Å². The molecule has 1 aromatic carbocycles. The van der Waals surface area contributed by atoms with E-state index < -0.39 is 0 Å². The van der Waals surface area contributed by atoms with Gasteiger partial charge in [-0.25, -0.2) is 9.37 Å². The number of hydrogen-bond acceptors (Lipinski definition) is 3. The molecule has 0 bridgehead atoms. The number of benzene rings is 1. The number of rotatable bonds is 3. The summed E-state index contributed by atoms with van der Waals surface area (Å²) in [6, 6.07) is 7.53. The molecule has 2 N–H and O–H groups in total. The minimum Gasteiger partial charge on any atom is -0.373 e. The molecule has 20 heavy (non-hydrogen) atoms. The van der Waals surface area contributed by atoms with Crippen LogP contribution in [0.3, 0.4) is 0 Å². The van der Waals surface area contributed by atoms with E-state index >= 15 is 0 Å². The molecule has 1 amide bonds. The molecule has 0 unspecified atom stereocenters. The van der Waals surface area contributed by atoms with Crippen LogP contribution in [-0.4, -0.2) is 17.9 Å². The normalized spacial score (nSPS) is 10.2. The molecular weight excluding hydrogens is 281 g/mol. The zero-order chi connectivity index (χ0) is 14.7. The topological polar surface area (TPSA) is 54.0 Å². The summed E-state index contributed by atoms with van der Waals surface area (Å²) in [6.07, 6.45) is 0. The Balaban J connectivity index is 2.28. The molecule has 2 rings (SSSR count). The zero-order valence-electron chi connectivity index (χ0n) is 11.0. The van der Waals surface area contributed by atoms with E-state index in [0.29, 0.717) is 22.6 Å². The fourth-order valence-corrected chi connectivity index (χ4v) is 1.90. The Kier molecular flexibility index (Phi) is 4.20. The largest absolute Gasteiger partial charge is 0.373 e. The van der Waals surface area contributed by atoms with E-state index in [1.165, 1.54) is 18.2 Å². The fraction of sp³-hybridized carbons (Fsp3) is 0.143. The van der Waals surface area contributed by atoms with Gasteiger partial charge in [0.15, 0.2) is 0 Å². The number of anilines is 2. The van der Waals surface area contributed by atoms with Gasteiger partial charge in [-0.2, -0.15) is 0 Å². The lowest BCUT2D eigenvalue weighted by Gasteiger charge is -2.10. The number of halogens is 2. The maximum Gasteiger partial charge on any atom is 0.255 e. The van der Waals surface area contributed by atoms with Crippen molar-refractivity contribution in [3.05, 3.63) is 52.4 Å². The van der Waals surface area contributed by atoms with Gasteiger partial charge in [0.1, 0.15) is 16.8 Å². The molecular formula is C14H13ClFN3O. The summed E-state index contributed by atoms with van der Waals surface area (Å²) >= 11 is 5.84. The number of hydrogen-bond donors (Lipinski definition) is 2. The number of nitrogens with one attached hydrogen (secondary N) is 2. The van der Waals surface area contributed by atoms with E-state index in [1.54, 1.807) is 26.1 Å². The van der Waals surface area contributed by atoms with Crippen molar-refractivity contribution >= 4 is 29.0 Å². The summed E-state index contributed by atoms with van der Waals surface area (Å²) in [6.45, 7) is 1.60. The van der Waals surface area contributed by atoms with Crippen LogP contribution in [0, 0.1) is 12.7 Å². The summed E-state index contributed by atoms with van der Waals surface area (Å²) in [4.78, 5) is 16.1. The molecule has 1 heterocycles. The van der Waals surface area contributed by atoms with Crippen LogP contribution >= 0.6 is 11.6 Å². The van der Waals surface area contributed by atoms with Gasteiger partial charge in [0.25, 0.3) is 5.91 Å². The van der Waals surface area contributed by atoms with Crippen molar-refractivity contribution in [2.45, 2.75) is 6.92 Å². The van der Waals surface area contributed by atoms with Crippen molar-refractivity contribution in [2.24, 2.45) is 0 Å². The smallest absolute Gasteiger partial charge is 0.255 e. The van der Waals surface area contributed by atoms with Gasteiger partial charge in [0.2, 0.25) is 0 Å². The first-order valence-corrected chi connectivity index (χ1v) is 6.31. The first-order chi connectivity index (χ1) is 9.51. The number of amides is 1. The monoisotopic (exact) mass is 293 g/mol.